The van der Waals surface area contributed by atoms with Crippen LogP contribution in [0.4, 0.5) is 0 Å². The number of hydrogen-bond acceptors (Lipinski definition) is 5. The molecule has 164 valence electrons. The maximum Gasteiger partial charge on any atom is 0.325 e. The van der Waals surface area contributed by atoms with E-state index in [1.165, 1.54) is 23.5 Å². The lowest BCUT2D eigenvalue weighted by atomic mass is 10.0. The molecule has 0 aliphatic rings. The standard InChI is InChI=1S/C23H31NO5S/c1-17(2)21(22(25)29-23(3,4)5)24(16-18-10-8-7-9-11-18)30(26,27)20-14-12-19(28-6)13-15-20/h7-15,17,21H,16H2,1-6H3/t21-/m1/s1. The van der Waals surface area contributed by atoms with Gasteiger partial charge in [-0.1, -0.05) is 44.2 Å². The van der Waals surface area contributed by atoms with E-state index in [0.717, 1.165) is 5.56 Å². The first-order valence-corrected chi connectivity index (χ1v) is 11.3. The Morgan fingerprint density at radius 2 is 1.57 bits per heavy atom. The second-order valence-electron chi connectivity index (χ2n) is 8.43. The van der Waals surface area contributed by atoms with Gasteiger partial charge in [-0.3, -0.25) is 4.79 Å². The van der Waals surface area contributed by atoms with Crippen molar-refractivity contribution < 1.29 is 22.7 Å². The number of rotatable bonds is 8. The van der Waals surface area contributed by atoms with Gasteiger partial charge in [0.15, 0.2) is 0 Å². The van der Waals surface area contributed by atoms with E-state index in [0.29, 0.717) is 5.75 Å². The van der Waals surface area contributed by atoms with Gasteiger partial charge >= 0.3 is 5.97 Å². The van der Waals surface area contributed by atoms with Crippen LogP contribution in [0, 0.1) is 5.92 Å². The Bertz CT molecular complexity index is 932. The smallest absolute Gasteiger partial charge is 0.325 e. The molecule has 0 amide bonds. The molecule has 0 aliphatic carbocycles. The predicted molar refractivity (Wildman–Crippen MR) is 117 cm³/mol. The highest BCUT2D eigenvalue weighted by atomic mass is 32.2. The Hall–Kier alpha value is -2.38. The predicted octanol–water partition coefficient (Wildman–Crippen LogP) is 4.25. The highest BCUT2D eigenvalue weighted by Gasteiger charge is 2.40. The lowest BCUT2D eigenvalue weighted by molar-refractivity contribution is -0.161. The van der Waals surface area contributed by atoms with Crippen LogP contribution in [-0.2, 0) is 26.1 Å². The van der Waals surface area contributed by atoms with E-state index in [1.54, 1.807) is 32.9 Å². The summed E-state index contributed by atoms with van der Waals surface area (Å²) in [6.07, 6.45) is 0. The average Bonchev–Trinajstić information content (AvgIpc) is 2.66. The van der Waals surface area contributed by atoms with Gasteiger partial charge in [0.2, 0.25) is 10.0 Å². The molecular formula is C23H31NO5S. The van der Waals surface area contributed by atoms with Gasteiger partial charge in [0.1, 0.15) is 17.4 Å². The van der Waals surface area contributed by atoms with Crippen LogP contribution in [-0.4, -0.2) is 37.4 Å². The number of benzene rings is 2. The van der Waals surface area contributed by atoms with Crippen LogP contribution in [0.5, 0.6) is 5.75 Å². The van der Waals surface area contributed by atoms with E-state index in [4.69, 9.17) is 9.47 Å². The SMILES string of the molecule is COc1ccc(S(=O)(=O)N(Cc2ccccc2)[C@@H](C(=O)OC(C)(C)C)C(C)C)cc1. The molecule has 2 aromatic carbocycles. The third-order valence-electron chi connectivity index (χ3n) is 4.44. The Labute approximate surface area is 179 Å². The van der Waals surface area contributed by atoms with E-state index in [1.807, 2.05) is 44.2 Å². The third-order valence-corrected chi connectivity index (χ3v) is 6.28. The number of hydrogen-bond donors (Lipinski definition) is 0. The minimum absolute atomic E-state index is 0.0529. The molecule has 2 aromatic rings. The summed E-state index contributed by atoms with van der Waals surface area (Å²) >= 11 is 0. The Kier molecular flexibility index (Phi) is 7.66. The van der Waals surface area contributed by atoms with Crippen molar-refractivity contribution in [3.63, 3.8) is 0 Å². The highest BCUT2D eigenvalue weighted by Crippen LogP contribution is 2.27. The molecule has 0 N–H and O–H groups in total. The summed E-state index contributed by atoms with van der Waals surface area (Å²) < 4.78 is 39.2. The first-order chi connectivity index (χ1) is 14.0. The molecule has 0 radical (unpaired) electrons. The minimum Gasteiger partial charge on any atom is -0.497 e. The van der Waals surface area contributed by atoms with Crippen LogP contribution in [0.15, 0.2) is 59.5 Å². The van der Waals surface area contributed by atoms with Crippen molar-refractivity contribution in [2.75, 3.05) is 7.11 Å². The van der Waals surface area contributed by atoms with Crippen LogP contribution in [0.3, 0.4) is 0 Å². The lowest BCUT2D eigenvalue weighted by Gasteiger charge is -2.34. The zero-order valence-corrected chi connectivity index (χ0v) is 19.3. The fourth-order valence-corrected chi connectivity index (χ4v) is 4.76. The van der Waals surface area contributed by atoms with Crippen LogP contribution in [0.1, 0.15) is 40.2 Å². The van der Waals surface area contributed by atoms with Crippen LogP contribution in [0.2, 0.25) is 0 Å². The summed E-state index contributed by atoms with van der Waals surface area (Å²) in [6.45, 7) is 8.98. The molecule has 0 unspecified atom stereocenters. The zero-order valence-electron chi connectivity index (χ0n) is 18.5. The molecule has 1 atom stereocenters. The van der Waals surface area contributed by atoms with E-state index in [-0.39, 0.29) is 17.4 Å². The molecule has 6 nitrogen and oxygen atoms in total. The minimum atomic E-state index is -3.99. The Balaban J connectivity index is 2.55. The number of esters is 1. The maximum atomic E-state index is 13.6. The van der Waals surface area contributed by atoms with Gasteiger partial charge < -0.3 is 9.47 Å². The molecule has 0 aliphatic heterocycles. The normalized spacial score (nSPS) is 13.3. The van der Waals surface area contributed by atoms with E-state index in [9.17, 15) is 13.2 Å². The molecule has 0 saturated heterocycles. The topological polar surface area (TPSA) is 72.9 Å². The van der Waals surface area contributed by atoms with Crippen LogP contribution >= 0.6 is 0 Å². The fourth-order valence-electron chi connectivity index (χ4n) is 3.06. The van der Waals surface area contributed by atoms with Crippen molar-refractivity contribution in [2.24, 2.45) is 5.92 Å². The summed E-state index contributed by atoms with van der Waals surface area (Å²) in [6, 6.07) is 14.4. The molecule has 2 rings (SSSR count). The monoisotopic (exact) mass is 433 g/mol. The molecule has 0 fully saturated rings. The highest BCUT2D eigenvalue weighted by molar-refractivity contribution is 7.89. The second kappa shape index (κ2) is 9.62. The van der Waals surface area contributed by atoms with Crippen molar-refractivity contribution in [1.29, 1.82) is 0 Å². The maximum absolute atomic E-state index is 13.6. The number of carbonyl (C=O) groups excluding carboxylic acids is 1. The lowest BCUT2D eigenvalue weighted by Crippen LogP contribution is -2.49. The fraction of sp³-hybridized carbons (Fsp3) is 0.435. The number of methoxy groups -OCH3 is 1. The van der Waals surface area contributed by atoms with Crippen molar-refractivity contribution in [3.05, 3.63) is 60.2 Å². The van der Waals surface area contributed by atoms with Gasteiger partial charge in [-0.25, -0.2) is 8.42 Å². The second-order valence-corrected chi connectivity index (χ2v) is 10.3. The molecular weight excluding hydrogens is 402 g/mol. The summed E-state index contributed by atoms with van der Waals surface area (Å²) in [7, 11) is -2.48. The number of sulfonamides is 1. The summed E-state index contributed by atoms with van der Waals surface area (Å²) in [4.78, 5) is 13.2. The molecule has 30 heavy (non-hydrogen) atoms. The van der Waals surface area contributed by atoms with Gasteiger partial charge in [0, 0.05) is 6.54 Å². The Morgan fingerprint density at radius 1 is 1.00 bits per heavy atom. The zero-order chi connectivity index (χ0) is 22.5. The van der Waals surface area contributed by atoms with Gasteiger partial charge in [0.25, 0.3) is 0 Å². The van der Waals surface area contributed by atoms with Crippen molar-refractivity contribution in [2.45, 2.75) is 57.7 Å². The third kappa shape index (κ3) is 6.06. The number of ether oxygens (including phenoxy) is 2. The van der Waals surface area contributed by atoms with Crippen molar-refractivity contribution >= 4 is 16.0 Å². The number of carbonyl (C=O) groups is 1. The van der Waals surface area contributed by atoms with Gasteiger partial charge in [-0.05, 0) is 56.5 Å². The molecule has 0 heterocycles. The average molecular weight is 434 g/mol. The first-order valence-electron chi connectivity index (χ1n) is 9.88. The molecule has 7 heteroatoms. The number of nitrogens with zero attached hydrogens (tertiary/aromatic N) is 1. The molecule has 0 bridgehead atoms. The summed E-state index contributed by atoms with van der Waals surface area (Å²) in [5.41, 5.74) is 0.0516. The van der Waals surface area contributed by atoms with Crippen molar-refractivity contribution in [1.82, 2.24) is 4.31 Å². The summed E-state index contributed by atoms with van der Waals surface area (Å²) in [5, 5.41) is 0. The largest absolute Gasteiger partial charge is 0.497 e. The van der Waals surface area contributed by atoms with E-state index >= 15 is 0 Å². The quantitative estimate of drug-likeness (QED) is 0.582. The van der Waals surface area contributed by atoms with Gasteiger partial charge in [-0.2, -0.15) is 4.31 Å². The van der Waals surface area contributed by atoms with E-state index in [2.05, 4.69) is 0 Å². The molecule has 0 saturated carbocycles. The van der Waals surface area contributed by atoms with E-state index < -0.39 is 27.6 Å². The summed E-state index contributed by atoms with van der Waals surface area (Å²) in [5.74, 6) is -0.307. The first kappa shape index (κ1) is 23.9. The van der Waals surface area contributed by atoms with Crippen LogP contribution in [0.25, 0.3) is 0 Å². The Morgan fingerprint density at radius 3 is 2.03 bits per heavy atom. The molecule has 0 aromatic heterocycles. The van der Waals surface area contributed by atoms with Gasteiger partial charge in [-0.15, -0.1) is 0 Å². The molecule has 0 spiro atoms. The van der Waals surface area contributed by atoms with Gasteiger partial charge in [0.05, 0.1) is 12.0 Å². The van der Waals surface area contributed by atoms with Crippen molar-refractivity contribution in [3.8, 4) is 5.75 Å². The van der Waals surface area contributed by atoms with Crippen LogP contribution < -0.4 is 4.74 Å².